The van der Waals surface area contributed by atoms with Gasteiger partial charge in [-0.15, -0.1) is 0 Å². The lowest BCUT2D eigenvalue weighted by Crippen LogP contribution is -2.26. The number of nitrogens with zero attached hydrogens (tertiary/aromatic N) is 3. The van der Waals surface area contributed by atoms with Crippen LogP contribution in [0.25, 0.3) is 0 Å². The molecule has 0 saturated carbocycles. The smallest absolute Gasteiger partial charge is 0.182 e. The Kier molecular flexibility index (Phi) is 6.50. The van der Waals surface area contributed by atoms with E-state index in [-0.39, 0.29) is 18.1 Å². The molecule has 4 nitrogen and oxygen atoms in total. The maximum absolute atomic E-state index is 13.9. The van der Waals surface area contributed by atoms with Gasteiger partial charge in [0.15, 0.2) is 5.78 Å². The summed E-state index contributed by atoms with van der Waals surface area (Å²) in [7, 11) is 3.68. The van der Waals surface area contributed by atoms with Crippen molar-refractivity contribution in [1.82, 2.24) is 4.90 Å². The number of benzene rings is 2. The highest BCUT2D eigenvalue weighted by atomic mass is 19.1. The molecule has 0 atom stereocenters. The maximum Gasteiger partial charge on any atom is 0.182 e. The van der Waals surface area contributed by atoms with Gasteiger partial charge < -0.3 is 9.80 Å². The normalized spacial score (nSPS) is 11.0. The number of ketones is 1. The fourth-order valence-electron chi connectivity index (χ4n) is 2.63. The van der Waals surface area contributed by atoms with E-state index >= 15 is 0 Å². The van der Waals surface area contributed by atoms with Gasteiger partial charge in [0.05, 0.1) is 24.3 Å². The first kappa shape index (κ1) is 19.6. The van der Waals surface area contributed by atoms with Crippen molar-refractivity contribution in [2.45, 2.75) is 20.8 Å². The lowest BCUT2D eigenvalue weighted by molar-refractivity contribution is 0.0999. The monoisotopic (exact) mass is 355 g/mol. The first-order chi connectivity index (χ1) is 12.3. The predicted molar refractivity (Wildman–Crippen MR) is 106 cm³/mol. The number of hydrogen-bond donors (Lipinski definition) is 0. The zero-order valence-corrected chi connectivity index (χ0v) is 16.1. The Morgan fingerprint density at radius 3 is 2.50 bits per heavy atom. The number of aryl methyl sites for hydroxylation is 2. The van der Waals surface area contributed by atoms with Crippen molar-refractivity contribution < 1.29 is 9.18 Å². The van der Waals surface area contributed by atoms with E-state index in [1.807, 2.05) is 37.9 Å². The third kappa shape index (κ3) is 4.69. The van der Waals surface area contributed by atoms with Gasteiger partial charge in [-0.25, -0.2) is 9.38 Å². The van der Waals surface area contributed by atoms with Crippen molar-refractivity contribution in [3.8, 4) is 0 Å². The van der Waals surface area contributed by atoms with Crippen LogP contribution in [0.5, 0.6) is 0 Å². The first-order valence-corrected chi connectivity index (χ1v) is 8.68. The van der Waals surface area contributed by atoms with Crippen molar-refractivity contribution in [2.75, 3.05) is 32.1 Å². The van der Waals surface area contributed by atoms with Gasteiger partial charge >= 0.3 is 0 Å². The van der Waals surface area contributed by atoms with E-state index in [1.54, 1.807) is 36.5 Å². The van der Waals surface area contributed by atoms with Crippen LogP contribution in [0.2, 0.25) is 0 Å². The van der Waals surface area contributed by atoms with Crippen LogP contribution in [0.15, 0.2) is 41.4 Å². The molecule has 0 heterocycles. The lowest BCUT2D eigenvalue weighted by atomic mass is 10.00. The van der Waals surface area contributed by atoms with Gasteiger partial charge in [0.2, 0.25) is 0 Å². The fraction of sp³-hybridized carbons (Fsp3) is 0.333. The Labute approximate surface area is 155 Å². The van der Waals surface area contributed by atoms with E-state index in [0.717, 1.165) is 23.4 Å². The quantitative estimate of drug-likeness (QED) is 0.420. The largest absolute Gasteiger partial charge is 0.366 e. The highest BCUT2D eigenvalue weighted by Crippen LogP contribution is 2.24. The number of aliphatic imine (C=N–C) groups is 1. The number of rotatable bonds is 7. The van der Waals surface area contributed by atoms with E-state index in [2.05, 4.69) is 11.9 Å². The predicted octanol–water partition coefficient (Wildman–Crippen LogP) is 4.37. The molecule has 26 heavy (non-hydrogen) atoms. The van der Waals surface area contributed by atoms with Gasteiger partial charge in [0, 0.05) is 26.2 Å². The maximum atomic E-state index is 13.9. The van der Waals surface area contributed by atoms with Crippen LogP contribution >= 0.6 is 0 Å². The average Bonchev–Trinajstić information content (AvgIpc) is 2.61. The molecule has 0 radical (unpaired) electrons. The van der Waals surface area contributed by atoms with Gasteiger partial charge in [0.25, 0.3) is 0 Å². The summed E-state index contributed by atoms with van der Waals surface area (Å²) in [6.07, 6.45) is 1.79. The second-order valence-electron chi connectivity index (χ2n) is 6.50. The molecule has 2 aromatic carbocycles. The molecule has 0 unspecified atom stereocenters. The van der Waals surface area contributed by atoms with Crippen LogP contribution < -0.4 is 4.90 Å². The molecule has 0 aliphatic rings. The summed E-state index contributed by atoms with van der Waals surface area (Å²) >= 11 is 0. The summed E-state index contributed by atoms with van der Waals surface area (Å²) in [4.78, 5) is 20.8. The Hall–Kier alpha value is -2.69. The Balaban J connectivity index is 2.20. The van der Waals surface area contributed by atoms with Crippen LogP contribution in [-0.4, -0.2) is 44.2 Å². The number of hydrogen-bond acceptors (Lipinski definition) is 3. The van der Waals surface area contributed by atoms with Gasteiger partial charge in [-0.1, -0.05) is 12.1 Å². The number of likely N-dealkylation sites (N-methyl/N-ethyl adjacent to an activating group) is 1. The van der Waals surface area contributed by atoms with Crippen LogP contribution in [0.1, 0.15) is 28.4 Å². The number of carbonyl (C=O) groups is 1. The highest BCUT2D eigenvalue weighted by Gasteiger charge is 2.16. The Bertz CT molecular complexity index is 817. The minimum Gasteiger partial charge on any atom is -0.366 e. The molecule has 2 rings (SSSR count). The summed E-state index contributed by atoms with van der Waals surface area (Å²) < 4.78 is 13.9. The number of anilines is 1. The molecule has 0 saturated heterocycles. The molecule has 5 heteroatoms. The molecule has 0 bridgehead atoms. The SMILES string of the molecule is CCN(C)C=Nc1cc(C)c(C(=O)CN(C)c2ccccc2F)cc1C. The summed E-state index contributed by atoms with van der Waals surface area (Å²) in [6.45, 7) is 6.88. The van der Waals surface area contributed by atoms with E-state index in [0.29, 0.717) is 11.3 Å². The molecule has 0 fully saturated rings. The van der Waals surface area contributed by atoms with Crippen LogP contribution in [-0.2, 0) is 0 Å². The van der Waals surface area contributed by atoms with Gasteiger partial charge in [0.1, 0.15) is 5.82 Å². The minimum atomic E-state index is -0.333. The zero-order valence-electron chi connectivity index (χ0n) is 16.1. The highest BCUT2D eigenvalue weighted by molar-refractivity contribution is 6.01. The second kappa shape index (κ2) is 8.61. The van der Waals surface area contributed by atoms with E-state index in [4.69, 9.17) is 0 Å². The molecule has 2 aromatic rings. The number of para-hydroxylation sites is 1. The zero-order chi connectivity index (χ0) is 19.3. The van der Waals surface area contributed by atoms with Crippen molar-refractivity contribution in [1.29, 1.82) is 0 Å². The van der Waals surface area contributed by atoms with Gasteiger partial charge in [-0.3, -0.25) is 4.79 Å². The lowest BCUT2D eigenvalue weighted by Gasteiger charge is -2.20. The van der Waals surface area contributed by atoms with Crippen molar-refractivity contribution in [3.05, 3.63) is 58.9 Å². The molecule has 0 spiro atoms. The molecular weight excluding hydrogens is 329 g/mol. The molecule has 0 aliphatic heterocycles. The summed E-state index contributed by atoms with van der Waals surface area (Å²) in [5.74, 6) is -0.377. The van der Waals surface area contributed by atoms with E-state index < -0.39 is 0 Å². The molecule has 138 valence electrons. The summed E-state index contributed by atoms with van der Waals surface area (Å²) in [5.41, 5.74) is 3.72. The third-order valence-corrected chi connectivity index (χ3v) is 4.38. The standard InChI is InChI=1S/C21H26FN3O/c1-6-24(4)14-23-19-12-15(2)17(11-16(19)3)21(26)13-25(5)20-10-8-7-9-18(20)22/h7-12,14H,6,13H2,1-5H3. The van der Waals surface area contributed by atoms with Crippen LogP contribution in [0, 0.1) is 19.7 Å². The van der Waals surface area contributed by atoms with Gasteiger partial charge in [-0.2, -0.15) is 0 Å². The first-order valence-electron chi connectivity index (χ1n) is 8.68. The topological polar surface area (TPSA) is 35.9 Å². The number of carbonyl (C=O) groups excluding carboxylic acids is 1. The van der Waals surface area contributed by atoms with E-state index in [9.17, 15) is 9.18 Å². The van der Waals surface area contributed by atoms with Crippen molar-refractivity contribution >= 4 is 23.5 Å². The van der Waals surface area contributed by atoms with Crippen molar-refractivity contribution in [2.24, 2.45) is 4.99 Å². The third-order valence-electron chi connectivity index (χ3n) is 4.38. The molecule has 0 N–H and O–H groups in total. The summed E-state index contributed by atoms with van der Waals surface area (Å²) in [6, 6.07) is 10.2. The Morgan fingerprint density at radius 1 is 1.15 bits per heavy atom. The van der Waals surface area contributed by atoms with Gasteiger partial charge in [-0.05, 0) is 56.2 Å². The number of Topliss-reactive ketones (excluding diaryl/α,β-unsaturated/α-hetero) is 1. The minimum absolute atomic E-state index is 0.0439. The Morgan fingerprint density at radius 2 is 1.85 bits per heavy atom. The van der Waals surface area contributed by atoms with E-state index in [1.165, 1.54) is 6.07 Å². The fourth-order valence-corrected chi connectivity index (χ4v) is 2.63. The average molecular weight is 355 g/mol. The summed E-state index contributed by atoms with van der Waals surface area (Å²) in [5, 5.41) is 0. The van der Waals surface area contributed by atoms with Crippen LogP contribution in [0.3, 0.4) is 0 Å². The van der Waals surface area contributed by atoms with Crippen LogP contribution in [0.4, 0.5) is 15.8 Å². The van der Waals surface area contributed by atoms with Crippen molar-refractivity contribution in [3.63, 3.8) is 0 Å². The molecule has 0 aliphatic carbocycles. The molecule has 0 aromatic heterocycles. The molecule has 0 amide bonds. The second-order valence-corrected chi connectivity index (χ2v) is 6.50. The molecular formula is C21H26FN3O. The number of halogens is 1.